The first-order valence-corrected chi connectivity index (χ1v) is 6.11. The van der Waals surface area contributed by atoms with Crippen molar-refractivity contribution in [1.29, 1.82) is 0 Å². The number of benzene rings is 1. The summed E-state index contributed by atoms with van der Waals surface area (Å²) in [6, 6.07) is 5.83. The van der Waals surface area contributed by atoms with E-state index in [9.17, 15) is 13.2 Å². The maximum Gasteiger partial charge on any atom is 0.356 e. The average Bonchev–Trinajstić information content (AvgIpc) is 2.26. The summed E-state index contributed by atoms with van der Waals surface area (Å²) in [5, 5.41) is 5.32. The summed E-state index contributed by atoms with van der Waals surface area (Å²) in [7, 11) is -2.62. The van der Waals surface area contributed by atoms with Gasteiger partial charge in [-0.1, -0.05) is 0 Å². The summed E-state index contributed by atoms with van der Waals surface area (Å²) in [6.45, 7) is 0. The standard InChI is InChI=1S/C10H9NO5S/c1-15-7-2-3-8-6(4-7)5-9(10(12)16-8)17(11,13)14/h2-5H,1H3,(H2,11,13,14). The molecular weight excluding hydrogens is 246 g/mol. The minimum Gasteiger partial charge on any atom is -0.497 e. The number of fused-ring (bicyclic) bond motifs is 1. The van der Waals surface area contributed by atoms with E-state index in [4.69, 9.17) is 14.3 Å². The molecule has 2 aromatic rings. The van der Waals surface area contributed by atoms with Gasteiger partial charge in [-0.15, -0.1) is 0 Å². The third kappa shape index (κ3) is 2.15. The minimum atomic E-state index is -4.09. The molecule has 7 heteroatoms. The van der Waals surface area contributed by atoms with Crippen LogP contribution in [0.2, 0.25) is 0 Å². The van der Waals surface area contributed by atoms with Crippen molar-refractivity contribution in [3.05, 3.63) is 34.7 Å². The van der Waals surface area contributed by atoms with Gasteiger partial charge in [-0.2, -0.15) is 0 Å². The number of ether oxygens (including phenoxy) is 1. The first kappa shape index (κ1) is 11.6. The molecule has 17 heavy (non-hydrogen) atoms. The molecule has 0 aliphatic rings. The van der Waals surface area contributed by atoms with Gasteiger partial charge in [0, 0.05) is 5.39 Å². The van der Waals surface area contributed by atoms with Gasteiger partial charge in [0.05, 0.1) is 7.11 Å². The summed E-state index contributed by atoms with van der Waals surface area (Å²) >= 11 is 0. The zero-order valence-corrected chi connectivity index (χ0v) is 9.65. The highest BCUT2D eigenvalue weighted by Crippen LogP contribution is 2.21. The van der Waals surface area contributed by atoms with Crippen LogP contribution in [0.3, 0.4) is 0 Å². The van der Waals surface area contributed by atoms with Gasteiger partial charge in [0.25, 0.3) is 0 Å². The smallest absolute Gasteiger partial charge is 0.356 e. The van der Waals surface area contributed by atoms with Crippen LogP contribution in [0.15, 0.2) is 38.4 Å². The van der Waals surface area contributed by atoms with Crippen molar-refractivity contribution in [2.24, 2.45) is 5.14 Å². The maximum atomic E-state index is 11.4. The van der Waals surface area contributed by atoms with Crippen molar-refractivity contribution >= 4 is 21.0 Å². The Bertz CT molecular complexity index is 732. The molecule has 0 saturated carbocycles. The van der Waals surface area contributed by atoms with Gasteiger partial charge in [0.15, 0.2) is 4.90 Å². The maximum absolute atomic E-state index is 11.4. The van der Waals surface area contributed by atoms with E-state index >= 15 is 0 Å². The monoisotopic (exact) mass is 255 g/mol. The van der Waals surface area contributed by atoms with E-state index in [-0.39, 0.29) is 5.58 Å². The zero-order chi connectivity index (χ0) is 12.6. The Kier molecular flexibility index (Phi) is 2.64. The van der Waals surface area contributed by atoms with Crippen LogP contribution < -0.4 is 15.5 Å². The van der Waals surface area contributed by atoms with E-state index in [0.717, 1.165) is 0 Å². The third-order valence-electron chi connectivity index (χ3n) is 2.21. The summed E-state index contributed by atoms with van der Waals surface area (Å²) in [5.41, 5.74) is -0.714. The number of methoxy groups -OCH3 is 1. The second kappa shape index (κ2) is 3.86. The Morgan fingerprint density at radius 1 is 1.29 bits per heavy atom. The second-order valence-electron chi connectivity index (χ2n) is 3.35. The lowest BCUT2D eigenvalue weighted by molar-refractivity contribution is 0.415. The molecule has 0 unspecified atom stereocenters. The molecule has 0 bridgehead atoms. The molecule has 1 aromatic carbocycles. The predicted octanol–water partition coefficient (Wildman–Crippen LogP) is 0.449. The van der Waals surface area contributed by atoms with Crippen molar-refractivity contribution in [1.82, 2.24) is 0 Å². The van der Waals surface area contributed by atoms with E-state index < -0.39 is 20.5 Å². The molecule has 0 saturated heterocycles. The van der Waals surface area contributed by atoms with Gasteiger partial charge >= 0.3 is 5.63 Å². The molecule has 6 nitrogen and oxygen atoms in total. The Labute approximate surface area is 96.7 Å². The van der Waals surface area contributed by atoms with Crippen LogP contribution in [0.4, 0.5) is 0 Å². The lowest BCUT2D eigenvalue weighted by Gasteiger charge is -2.02. The zero-order valence-electron chi connectivity index (χ0n) is 8.84. The van der Waals surface area contributed by atoms with Crippen molar-refractivity contribution in [2.45, 2.75) is 4.90 Å². The molecule has 0 spiro atoms. The highest BCUT2D eigenvalue weighted by atomic mass is 32.2. The molecule has 0 radical (unpaired) electrons. The van der Waals surface area contributed by atoms with E-state index in [1.165, 1.54) is 19.2 Å². The van der Waals surface area contributed by atoms with Crippen LogP contribution in [-0.4, -0.2) is 15.5 Å². The summed E-state index contributed by atoms with van der Waals surface area (Å²) in [6.07, 6.45) is 0. The molecule has 1 aromatic heterocycles. The Morgan fingerprint density at radius 3 is 2.59 bits per heavy atom. The Balaban J connectivity index is 2.82. The Morgan fingerprint density at radius 2 is 2.00 bits per heavy atom. The van der Waals surface area contributed by atoms with Crippen molar-refractivity contribution in [3.8, 4) is 5.75 Å². The van der Waals surface area contributed by atoms with E-state index in [2.05, 4.69) is 0 Å². The largest absolute Gasteiger partial charge is 0.497 e. The molecule has 90 valence electrons. The van der Waals surface area contributed by atoms with Crippen LogP contribution in [0.25, 0.3) is 11.0 Å². The van der Waals surface area contributed by atoms with Crippen LogP contribution in [0, 0.1) is 0 Å². The number of hydrogen-bond acceptors (Lipinski definition) is 5. The van der Waals surface area contributed by atoms with Gasteiger partial charge in [0.2, 0.25) is 10.0 Å². The molecular formula is C10H9NO5S. The quantitative estimate of drug-likeness (QED) is 0.785. The molecule has 0 aliphatic carbocycles. The average molecular weight is 255 g/mol. The van der Waals surface area contributed by atoms with Crippen LogP contribution in [0.5, 0.6) is 5.75 Å². The predicted molar refractivity (Wildman–Crippen MR) is 60.4 cm³/mol. The number of rotatable bonds is 2. The highest BCUT2D eigenvalue weighted by molar-refractivity contribution is 7.89. The fraction of sp³-hybridized carbons (Fsp3) is 0.100. The first-order chi connectivity index (χ1) is 7.91. The van der Waals surface area contributed by atoms with E-state index in [0.29, 0.717) is 11.1 Å². The molecule has 2 N–H and O–H groups in total. The lowest BCUT2D eigenvalue weighted by Crippen LogP contribution is -2.20. The summed E-state index contributed by atoms with van der Waals surface area (Å²) < 4.78 is 32.1. The van der Waals surface area contributed by atoms with Crippen LogP contribution in [0.1, 0.15) is 0 Å². The molecule has 2 rings (SSSR count). The van der Waals surface area contributed by atoms with E-state index in [1.807, 2.05) is 0 Å². The van der Waals surface area contributed by atoms with Gasteiger partial charge in [-0.25, -0.2) is 18.4 Å². The van der Waals surface area contributed by atoms with Gasteiger partial charge in [-0.05, 0) is 24.3 Å². The fourth-order valence-corrected chi connectivity index (χ4v) is 1.97. The van der Waals surface area contributed by atoms with Gasteiger partial charge in [-0.3, -0.25) is 0 Å². The fourth-order valence-electron chi connectivity index (χ4n) is 1.41. The Hall–Kier alpha value is -1.86. The number of primary sulfonamides is 1. The van der Waals surface area contributed by atoms with Crippen molar-refractivity contribution in [2.75, 3.05) is 7.11 Å². The van der Waals surface area contributed by atoms with Gasteiger partial charge < -0.3 is 9.15 Å². The second-order valence-corrected chi connectivity index (χ2v) is 4.88. The molecule has 0 aliphatic heterocycles. The topological polar surface area (TPSA) is 99.6 Å². The molecule has 1 heterocycles. The summed E-state index contributed by atoms with van der Waals surface area (Å²) in [4.78, 5) is 10.8. The van der Waals surface area contributed by atoms with Crippen LogP contribution >= 0.6 is 0 Å². The molecule has 0 fully saturated rings. The lowest BCUT2D eigenvalue weighted by atomic mass is 10.2. The number of hydrogen-bond donors (Lipinski definition) is 1. The van der Waals surface area contributed by atoms with Crippen LogP contribution in [-0.2, 0) is 10.0 Å². The highest BCUT2D eigenvalue weighted by Gasteiger charge is 2.16. The van der Waals surface area contributed by atoms with Crippen molar-refractivity contribution in [3.63, 3.8) is 0 Å². The summed E-state index contributed by atoms with van der Waals surface area (Å²) in [5.74, 6) is 0.520. The van der Waals surface area contributed by atoms with Gasteiger partial charge in [0.1, 0.15) is 11.3 Å². The number of sulfonamides is 1. The SMILES string of the molecule is COc1ccc2oc(=O)c(S(N)(=O)=O)cc2c1. The van der Waals surface area contributed by atoms with Crippen molar-refractivity contribution < 1.29 is 17.6 Å². The van der Waals surface area contributed by atoms with E-state index in [1.54, 1.807) is 12.1 Å². The minimum absolute atomic E-state index is 0.267. The molecule has 0 amide bonds. The third-order valence-corrected chi connectivity index (χ3v) is 3.11. The first-order valence-electron chi connectivity index (χ1n) is 4.56. The normalized spacial score (nSPS) is 11.6. The molecule has 0 atom stereocenters. The number of nitrogens with two attached hydrogens (primary N) is 1.